The lowest BCUT2D eigenvalue weighted by atomic mass is 10.1. The van der Waals surface area contributed by atoms with Gasteiger partial charge in [-0.3, -0.25) is 4.18 Å². The Kier molecular flexibility index (Phi) is 8.52. The van der Waals surface area contributed by atoms with Crippen LogP contribution in [-0.2, 0) is 35.3 Å². The van der Waals surface area contributed by atoms with E-state index in [9.17, 15) is 16.8 Å². The van der Waals surface area contributed by atoms with Gasteiger partial charge in [0.2, 0.25) is 0 Å². The molecule has 0 aliphatic carbocycles. The molecule has 7 nitrogen and oxygen atoms in total. The van der Waals surface area contributed by atoms with Crippen molar-refractivity contribution >= 4 is 20.0 Å². The average Bonchev–Trinajstić information content (AvgIpc) is 3.22. The summed E-state index contributed by atoms with van der Waals surface area (Å²) in [7, 11) is -7.10. The van der Waals surface area contributed by atoms with Gasteiger partial charge in [-0.2, -0.15) is 8.42 Å². The second-order valence-corrected chi connectivity index (χ2v) is 12.7. The highest BCUT2D eigenvalue weighted by molar-refractivity contribution is 7.90. The van der Waals surface area contributed by atoms with Gasteiger partial charge in [0, 0.05) is 17.6 Å². The Morgan fingerprint density at radius 1 is 0.737 bits per heavy atom. The second kappa shape index (κ2) is 11.7. The van der Waals surface area contributed by atoms with Gasteiger partial charge in [0.05, 0.1) is 35.3 Å². The van der Waals surface area contributed by atoms with E-state index in [1.807, 2.05) is 56.3 Å². The minimum Gasteiger partial charge on any atom is -0.379 e. The van der Waals surface area contributed by atoms with E-state index in [4.69, 9.17) is 8.92 Å². The third-order valence-corrected chi connectivity index (χ3v) is 8.69. The Morgan fingerprint density at radius 3 is 2.00 bits per heavy atom. The monoisotopic (exact) mass is 553 g/mol. The van der Waals surface area contributed by atoms with Gasteiger partial charge in [-0.1, -0.05) is 48.0 Å². The lowest BCUT2D eigenvalue weighted by Gasteiger charge is -2.13. The number of hydrogen-bond acceptors (Lipinski definition) is 6. The van der Waals surface area contributed by atoms with Crippen molar-refractivity contribution in [1.82, 2.24) is 4.57 Å². The topological polar surface area (TPSA) is 91.7 Å². The molecule has 1 aromatic heterocycles. The summed E-state index contributed by atoms with van der Waals surface area (Å²) in [5, 5.41) is 0. The number of aryl methyl sites for hydroxylation is 1. The Bertz CT molecular complexity index is 1590. The van der Waals surface area contributed by atoms with Crippen molar-refractivity contribution in [3.63, 3.8) is 0 Å². The van der Waals surface area contributed by atoms with Crippen LogP contribution in [0.25, 0.3) is 16.9 Å². The number of rotatable bonds is 11. The van der Waals surface area contributed by atoms with Crippen molar-refractivity contribution in [1.29, 1.82) is 0 Å². The van der Waals surface area contributed by atoms with Gasteiger partial charge in [0.25, 0.3) is 10.1 Å². The zero-order valence-corrected chi connectivity index (χ0v) is 23.3. The van der Waals surface area contributed by atoms with Crippen LogP contribution >= 0.6 is 0 Å². The van der Waals surface area contributed by atoms with E-state index >= 15 is 0 Å². The summed E-state index contributed by atoms with van der Waals surface area (Å²) >= 11 is 0. The fraction of sp³-hybridized carbons (Fsp3) is 0.241. The molecular formula is C29H31NO6S2. The number of benzene rings is 3. The van der Waals surface area contributed by atoms with Crippen molar-refractivity contribution < 1.29 is 25.8 Å². The molecule has 0 saturated carbocycles. The molecule has 0 unspecified atom stereocenters. The van der Waals surface area contributed by atoms with Crippen LogP contribution in [0.3, 0.4) is 0 Å². The number of para-hydroxylation sites is 1. The standard InChI is InChI=1S/C29H31NO6S2/c1-22-9-13-28(14-10-22)38(33,34)36-20-19-35-18-17-25-21-29(24-11-15-27(16-12-24)37(3,31)32)30(23(25)2)26-7-5-4-6-8-26/h4-16,21H,17-20H2,1-3H3. The molecule has 0 fully saturated rings. The molecule has 0 spiro atoms. The Balaban J connectivity index is 1.44. The first-order valence-corrected chi connectivity index (χ1v) is 15.5. The molecule has 0 aliphatic rings. The molecule has 0 atom stereocenters. The van der Waals surface area contributed by atoms with Crippen molar-refractivity contribution in [2.45, 2.75) is 30.1 Å². The number of sulfone groups is 1. The molecule has 0 N–H and O–H groups in total. The van der Waals surface area contributed by atoms with Crippen molar-refractivity contribution in [2.24, 2.45) is 0 Å². The normalized spacial score (nSPS) is 12.1. The molecule has 0 aliphatic heterocycles. The second-order valence-electron chi connectivity index (χ2n) is 9.06. The molecule has 0 saturated heterocycles. The lowest BCUT2D eigenvalue weighted by molar-refractivity contribution is 0.104. The van der Waals surface area contributed by atoms with Crippen LogP contribution in [0.5, 0.6) is 0 Å². The van der Waals surface area contributed by atoms with Gasteiger partial charge in [0.1, 0.15) is 0 Å². The predicted molar refractivity (Wildman–Crippen MR) is 148 cm³/mol. The summed E-state index contributed by atoms with van der Waals surface area (Å²) in [6.45, 7) is 4.38. The Labute approximate surface area is 224 Å². The first-order valence-electron chi connectivity index (χ1n) is 12.2. The van der Waals surface area contributed by atoms with E-state index in [1.165, 1.54) is 18.4 Å². The third kappa shape index (κ3) is 6.60. The molecule has 4 aromatic rings. The van der Waals surface area contributed by atoms with Gasteiger partial charge in [-0.25, -0.2) is 8.42 Å². The van der Waals surface area contributed by atoms with Crippen LogP contribution in [0, 0.1) is 13.8 Å². The van der Waals surface area contributed by atoms with Crippen LogP contribution < -0.4 is 0 Å². The van der Waals surface area contributed by atoms with Crippen LogP contribution in [0.2, 0.25) is 0 Å². The van der Waals surface area contributed by atoms with Crippen molar-refractivity contribution in [3.8, 4) is 16.9 Å². The maximum Gasteiger partial charge on any atom is 0.297 e. The molecule has 3 aromatic carbocycles. The highest BCUT2D eigenvalue weighted by Crippen LogP contribution is 2.30. The smallest absolute Gasteiger partial charge is 0.297 e. The molecule has 0 amide bonds. The zero-order valence-electron chi connectivity index (χ0n) is 21.6. The molecule has 38 heavy (non-hydrogen) atoms. The first-order chi connectivity index (χ1) is 18.1. The maximum atomic E-state index is 12.3. The highest BCUT2D eigenvalue weighted by atomic mass is 32.2. The van der Waals surface area contributed by atoms with Gasteiger partial charge in [-0.15, -0.1) is 0 Å². The van der Waals surface area contributed by atoms with Crippen molar-refractivity contribution in [3.05, 3.63) is 102 Å². The maximum absolute atomic E-state index is 12.3. The highest BCUT2D eigenvalue weighted by Gasteiger charge is 2.17. The molecule has 0 radical (unpaired) electrons. The summed E-state index contributed by atoms with van der Waals surface area (Å²) in [5.41, 5.74) is 5.92. The minimum absolute atomic E-state index is 0.0713. The summed E-state index contributed by atoms with van der Waals surface area (Å²) < 4.78 is 61.4. The largest absolute Gasteiger partial charge is 0.379 e. The fourth-order valence-electron chi connectivity index (χ4n) is 4.17. The lowest BCUT2D eigenvalue weighted by Crippen LogP contribution is -2.12. The van der Waals surface area contributed by atoms with Gasteiger partial charge in [-0.05, 0) is 73.9 Å². The molecule has 1 heterocycles. The Morgan fingerprint density at radius 2 is 1.37 bits per heavy atom. The summed E-state index contributed by atoms with van der Waals surface area (Å²) in [4.78, 5) is 0.397. The molecule has 0 bridgehead atoms. The van der Waals surface area contributed by atoms with E-state index < -0.39 is 20.0 Å². The van der Waals surface area contributed by atoms with Crippen LogP contribution in [0.4, 0.5) is 0 Å². The number of nitrogens with zero attached hydrogens (tertiary/aromatic N) is 1. The third-order valence-electron chi connectivity index (χ3n) is 6.24. The molecule has 200 valence electrons. The van der Waals surface area contributed by atoms with E-state index in [2.05, 4.69) is 10.6 Å². The van der Waals surface area contributed by atoms with Crippen molar-refractivity contribution in [2.75, 3.05) is 26.1 Å². The SMILES string of the molecule is Cc1ccc(S(=O)(=O)OCCOCCc2cc(-c3ccc(S(C)(=O)=O)cc3)n(-c3ccccc3)c2C)cc1. The van der Waals surface area contributed by atoms with E-state index in [0.29, 0.717) is 13.0 Å². The van der Waals surface area contributed by atoms with Gasteiger partial charge < -0.3 is 9.30 Å². The van der Waals surface area contributed by atoms with E-state index in [0.717, 1.165) is 33.8 Å². The summed E-state index contributed by atoms with van der Waals surface area (Å²) in [6.07, 6.45) is 1.81. The zero-order chi connectivity index (χ0) is 27.3. The number of aromatic nitrogens is 1. The van der Waals surface area contributed by atoms with E-state index in [-0.39, 0.29) is 23.0 Å². The molecule has 9 heteroatoms. The van der Waals surface area contributed by atoms with Crippen LogP contribution in [0.15, 0.2) is 94.7 Å². The number of hydrogen-bond donors (Lipinski definition) is 0. The quantitative estimate of drug-likeness (QED) is 0.189. The fourth-order valence-corrected chi connectivity index (χ4v) is 5.69. The number of ether oxygens (including phenoxy) is 1. The summed E-state index contributed by atoms with van der Waals surface area (Å²) in [5.74, 6) is 0. The summed E-state index contributed by atoms with van der Waals surface area (Å²) in [6, 6.07) is 25.4. The predicted octanol–water partition coefficient (Wildman–Crippen LogP) is 5.13. The Hall–Kier alpha value is -3.24. The average molecular weight is 554 g/mol. The van der Waals surface area contributed by atoms with E-state index in [1.54, 1.807) is 24.3 Å². The molecule has 4 rings (SSSR count). The molecular weight excluding hydrogens is 522 g/mol. The van der Waals surface area contributed by atoms with Crippen LogP contribution in [0.1, 0.15) is 16.8 Å². The first kappa shape index (κ1) is 27.8. The minimum atomic E-state index is -3.82. The van der Waals surface area contributed by atoms with Gasteiger partial charge >= 0.3 is 0 Å². The van der Waals surface area contributed by atoms with Crippen LogP contribution in [-0.4, -0.2) is 47.5 Å². The van der Waals surface area contributed by atoms with Gasteiger partial charge in [0.15, 0.2) is 9.84 Å².